The van der Waals surface area contributed by atoms with Gasteiger partial charge in [-0.05, 0) is 55.2 Å². The van der Waals surface area contributed by atoms with E-state index in [1.165, 1.54) is 22.6 Å². The van der Waals surface area contributed by atoms with Crippen LogP contribution in [0, 0.1) is 6.92 Å². The van der Waals surface area contributed by atoms with E-state index in [1.54, 1.807) is 24.3 Å². The number of rotatable bonds is 4. The topological polar surface area (TPSA) is 79.4 Å². The van der Waals surface area contributed by atoms with Crippen LogP contribution in [-0.4, -0.2) is 25.9 Å². The van der Waals surface area contributed by atoms with Crippen molar-refractivity contribution in [1.82, 2.24) is 4.98 Å². The second-order valence-electron chi connectivity index (χ2n) is 6.95. The molecule has 6 nitrogen and oxygen atoms in total. The van der Waals surface area contributed by atoms with E-state index in [1.807, 2.05) is 31.2 Å². The molecule has 2 heterocycles. The fourth-order valence-corrected chi connectivity index (χ4v) is 6.11. The van der Waals surface area contributed by atoms with E-state index in [9.17, 15) is 13.2 Å². The van der Waals surface area contributed by atoms with Crippen molar-refractivity contribution < 1.29 is 13.2 Å². The van der Waals surface area contributed by atoms with Crippen LogP contribution in [0.3, 0.4) is 0 Å². The molecule has 3 aromatic rings. The number of benzene rings is 2. The van der Waals surface area contributed by atoms with Crippen LogP contribution in [0.5, 0.6) is 0 Å². The van der Waals surface area contributed by atoms with Gasteiger partial charge in [0.1, 0.15) is 0 Å². The molecular weight excluding hydrogens is 406 g/mol. The smallest absolute Gasteiger partial charge is 0.264 e. The van der Waals surface area contributed by atoms with Gasteiger partial charge in [-0.2, -0.15) is 0 Å². The summed E-state index contributed by atoms with van der Waals surface area (Å²) in [6, 6.07) is 14.4. The molecule has 1 aromatic heterocycles. The molecule has 29 heavy (non-hydrogen) atoms. The molecular formula is C21H21N3O3S2. The maximum Gasteiger partial charge on any atom is 0.264 e. The highest BCUT2D eigenvalue weighted by atomic mass is 32.2. The van der Waals surface area contributed by atoms with E-state index >= 15 is 0 Å². The summed E-state index contributed by atoms with van der Waals surface area (Å²) < 4.78 is 27.8. The van der Waals surface area contributed by atoms with Crippen molar-refractivity contribution in [2.45, 2.75) is 31.6 Å². The second-order valence-corrected chi connectivity index (χ2v) is 9.81. The van der Waals surface area contributed by atoms with Gasteiger partial charge in [-0.25, -0.2) is 13.4 Å². The lowest BCUT2D eigenvalue weighted by Gasteiger charge is -2.30. The zero-order chi connectivity index (χ0) is 20.6. The first-order valence-electron chi connectivity index (χ1n) is 9.32. The number of aromatic nitrogens is 1. The Morgan fingerprint density at radius 3 is 2.66 bits per heavy atom. The van der Waals surface area contributed by atoms with E-state index in [4.69, 9.17) is 0 Å². The van der Waals surface area contributed by atoms with Crippen LogP contribution < -0.4 is 9.62 Å². The molecule has 0 unspecified atom stereocenters. The first-order valence-corrected chi connectivity index (χ1v) is 11.6. The largest absolute Gasteiger partial charge is 0.302 e. The fourth-order valence-electron chi connectivity index (χ4n) is 3.54. The number of hydrogen-bond acceptors (Lipinski definition) is 5. The molecule has 1 amide bonds. The number of carbonyl (C=O) groups excluding carboxylic acids is 1. The predicted octanol–water partition coefficient (Wildman–Crippen LogP) is 4.22. The van der Waals surface area contributed by atoms with Crippen LogP contribution in [0.2, 0.25) is 0 Å². The van der Waals surface area contributed by atoms with Crippen molar-refractivity contribution in [3.05, 3.63) is 59.8 Å². The fraction of sp³-hybridized carbons (Fsp3) is 0.238. The number of anilines is 2. The Hall–Kier alpha value is -2.71. The molecule has 0 saturated heterocycles. The number of sulfonamides is 1. The third-order valence-electron chi connectivity index (χ3n) is 4.83. The van der Waals surface area contributed by atoms with E-state index in [0.29, 0.717) is 16.6 Å². The molecule has 1 aliphatic heterocycles. The summed E-state index contributed by atoms with van der Waals surface area (Å²) in [5.41, 5.74) is 3.55. The maximum absolute atomic E-state index is 13.1. The summed E-state index contributed by atoms with van der Waals surface area (Å²) in [6.45, 7) is 3.83. The molecule has 1 aliphatic rings. The highest BCUT2D eigenvalue weighted by molar-refractivity contribution is 7.92. The molecule has 0 fully saturated rings. The first-order chi connectivity index (χ1) is 13.9. The molecule has 0 aliphatic carbocycles. The third-order valence-corrected chi connectivity index (χ3v) is 7.78. The zero-order valence-corrected chi connectivity index (χ0v) is 17.8. The van der Waals surface area contributed by atoms with Gasteiger partial charge < -0.3 is 5.32 Å². The Balaban J connectivity index is 1.71. The molecule has 0 bridgehead atoms. The predicted molar refractivity (Wildman–Crippen MR) is 116 cm³/mol. The third kappa shape index (κ3) is 3.77. The number of nitrogens with zero attached hydrogens (tertiary/aromatic N) is 2. The van der Waals surface area contributed by atoms with Crippen molar-refractivity contribution in [3.8, 4) is 10.4 Å². The molecule has 0 saturated carbocycles. The van der Waals surface area contributed by atoms with E-state index < -0.39 is 10.0 Å². The monoisotopic (exact) mass is 427 g/mol. The van der Waals surface area contributed by atoms with Gasteiger partial charge in [0.25, 0.3) is 10.0 Å². The quantitative estimate of drug-likeness (QED) is 0.676. The number of hydrogen-bond donors (Lipinski definition) is 1. The SMILES string of the molecule is CC(=O)Nc1nc(C)c(-c2ccc3c(c2)CCCN3S(=O)(=O)c2ccccc2)s1. The standard InChI is InChI=1S/C21H21N3O3S2/c1-14-20(28-21(22-14)23-15(2)25)17-10-11-19-16(13-17)7-6-12-24(19)29(26,27)18-8-4-3-5-9-18/h3-5,8-11,13H,6-7,12H2,1-2H3,(H,22,23,25). The lowest BCUT2D eigenvalue weighted by Crippen LogP contribution is -2.35. The van der Waals surface area contributed by atoms with Crippen molar-refractivity contribution >= 4 is 38.1 Å². The first kappa shape index (κ1) is 19.6. The van der Waals surface area contributed by atoms with Crippen molar-refractivity contribution in [3.63, 3.8) is 0 Å². The van der Waals surface area contributed by atoms with Gasteiger partial charge in [-0.3, -0.25) is 9.10 Å². The summed E-state index contributed by atoms with van der Waals surface area (Å²) in [5.74, 6) is -0.155. The molecule has 0 spiro atoms. The lowest BCUT2D eigenvalue weighted by atomic mass is 10.00. The molecule has 150 valence electrons. The van der Waals surface area contributed by atoms with Crippen LogP contribution in [0.1, 0.15) is 24.6 Å². The molecule has 1 N–H and O–H groups in total. The van der Waals surface area contributed by atoms with Crippen LogP contribution >= 0.6 is 11.3 Å². The van der Waals surface area contributed by atoms with Gasteiger partial charge >= 0.3 is 0 Å². The minimum Gasteiger partial charge on any atom is -0.302 e. The number of nitrogens with one attached hydrogen (secondary N) is 1. The van der Waals surface area contributed by atoms with Crippen LogP contribution in [-0.2, 0) is 21.2 Å². The Morgan fingerprint density at radius 1 is 1.17 bits per heavy atom. The van der Waals surface area contributed by atoms with Crippen LogP contribution in [0.25, 0.3) is 10.4 Å². The molecule has 8 heteroatoms. The van der Waals surface area contributed by atoms with E-state index in [2.05, 4.69) is 10.3 Å². The van der Waals surface area contributed by atoms with Gasteiger partial charge in [0.05, 0.1) is 21.2 Å². The highest BCUT2D eigenvalue weighted by Gasteiger charge is 2.29. The average Bonchev–Trinajstić information content (AvgIpc) is 3.07. The van der Waals surface area contributed by atoms with E-state index in [0.717, 1.165) is 40.2 Å². The van der Waals surface area contributed by atoms with Gasteiger partial charge in [0.15, 0.2) is 5.13 Å². The van der Waals surface area contributed by atoms with Crippen molar-refractivity contribution in [1.29, 1.82) is 0 Å². The number of amides is 1. The summed E-state index contributed by atoms with van der Waals surface area (Å²) in [4.78, 5) is 17.0. The number of thiazole rings is 1. The highest BCUT2D eigenvalue weighted by Crippen LogP contribution is 2.38. The summed E-state index contributed by atoms with van der Waals surface area (Å²) >= 11 is 1.42. The molecule has 2 aromatic carbocycles. The van der Waals surface area contributed by atoms with E-state index in [-0.39, 0.29) is 5.91 Å². The Bertz CT molecular complexity index is 1170. The normalized spacial score (nSPS) is 13.8. The minimum atomic E-state index is -3.59. The number of fused-ring (bicyclic) bond motifs is 1. The molecule has 4 rings (SSSR count). The Kier molecular flexibility index (Phi) is 5.14. The molecule has 0 radical (unpaired) electrons. The summed E-state index contributed by atoms with van der Waals surface area (Å²) in [5, 5.41) is 3.29. The van der Waals surface area contributed by atoms with Gasteiger partial charge in [0.2, 0.25) is 5.91 Å². The second kappa shape index (κ2) is 7.61. The summed E-state index contributed by atoms with van der Waals surface area (Å²) in [7, 11) is -3.59. The maximum atomic E-state index is 13.1. The van der Waals surface area contributed by atoms with Gasteiger partial charge in [-0.1, -0.05) is 35.6 Å². The Morgan fingerprint density at radius 2 is 1.93 bits per heavy atom. The minimum absolute atomic E-state index is 0.155. The molecule has 0 atom stereocenters. The van der Waals surface area contributed by atoms with Crippen LogP contribution in [0.4, 0.5) is 10.8 Å². The Labute approximate surface area is 174 Å². The summed E-state index contributed by atoms with van der Waals surface area (Å²) in [6.07, 6.45) is 1.59. The zero-order valence-electron chi connectivity index (χ0n) is 16.2. The van der Waals surface area contributed by atoms with Crippen molar-refractivity contribution in [2.75, 3.05) is 16.2 Å². The van der Waals surface area contributed by atoms with Gasteiger partial charge in [-0.15, -0.1) is 0 Å². The van der Waals surface area contributed by atoms with Gasteiger partial charge in [0, 0.05) is 13.5 Å². The number of carbonyl (C=O) groups is 1. The lowest BCUT2D eigenvalue weighted by molar-refractivity contribution is -0.114. The average molecular weight is 428 g/mol. The number of aryl methyl sites for hydroxylation is 2. The van der Waals surface area contributed by atoms with Crippen molar-refractivity contribution in [2.24, 2.45) is 0 Å². The van der Waals surface area contributed by atoms with Crippen LogP contribution in [0.15, 0.2) is 53.4 Å².